The normalized spacial score (nSPS) is 10.9. The third kappa shape index (κ3) is 4.72. The van der Waals surface area contributed by atoms with Crippen LogP contribution in [0, 0.1) is 0 Å². The van der Waals surface area contributed by atoms with E-state index in [1.165, 1.54) is 14.2 Å². The summed E-state index contributed by atoms with van der Waals surface area (Å²) in [4.78, 5) is 0. The molecule has 0 saturated heterocycles. The molecule has 14 heavy (non-hydrogen) atoms. The van der Waals surface area contributed by atoms with E-state index in [1.54, 1.807) is 0 Å². The van der Waals surface area contributed by atoms with E-state index in [0.717, 1.165) is 5.82 Å². The Bertz CT molecular complexity index is 259. The quantitative estimate of drug-likeness (QED) is 0.515. The SMILES string of the molecule is COP(=O)(C=C=C(CO)CCO)OC. The molecule has 0 aromatic heterocycles. The molecule has 82 valence electrons. The zero-order valence-corrected chi connectivity index (χ0v) is 9.16. The first-order chi connectivity index (χ1) is 6.61. The fourth-order valence-electron chi connectivity index (χ4n) is 0.682. The van der Waals surface area contributed by atoms with Crippen molar-refractivity contribution in [2.24, 2.45) is 0 Å². The van der Waals surface area contributed by atoms with Gasteiger partial charge in [-0.2, -0.15) is 0 Å². The van der Waals surface area contributed by atoms with Gasteiger partial charge >= 0.3 is 7.60 Å². The van der Waals surface area contributed by atoms with E-state index >= 15 is 0 Å². The smallest absolute Gasteiger partial charge is 0.361 e. The summed E-state index contributed by atoms with van der Waals surface area (Å²) in [6.07, 6.45) is 0.278. The van der Waals surface area contributed by atoms with E-state index in [2.05, 4.69) is 14.8 Å². The maximum absolute atomic E-state index is 11.5. The van der Waals surface area contributed by atoms with Gasteiger partial charge in [-0.3, -0.25) is 4.57 Å². The zero-order valence-electron chi connectivity index (χ0n) is 8.27. The van der Waals surface area contributed by atoms with Crippen LogP contribution >= 0.6 is 7.60 Å². The first-order valence-corrected chi connectivity index (χ1v) is 5.61. The van der Waals surface area contributed by atoms with E-state index in [-0.39, 0.29) is 19.6 Å². The van der Waals surface area contributed by atoms with Gasteiger partial charge in [0.15, 0.2) is 0 Å². The Balaban J connectivity index is 4.72. The standard InChI is InChI=1S/C8H15O5P/c1-12-14(11,13-2)6-4-8(7-10)3-5-9/h6,9-10H,3,5,7H2,1-2H3. The molecule has 0 atom stereocenters. The van der Waals surface area contributed by atoms with Gasteiger partial charge in [0.1, 0.15) is 0 Å². The average molecular weight is 222 g/mol. The molecule has 0 radical (unpaired) electrons. The Morgan fingerprint density at radius 3 is 2.36 bits per heavy atom. The van der Waals surface area contributed by atoms with Gasteiger partial charge in [-0.15, -0.1) is 5.73 Å². The molecule has 0 rings (SSSR count). The van der Waals surface area contributed by atoms with Gasteiger partial charge in [0.2, 0.25) is 0 Å². The lowest BCUT2D eigenvalue weighted by molar-refractivity contribution is 0.278. The lowest BCUT2D eigenvalue weighted by Gasteiger charge is -2.06. The Kier molecular flexibility index (Phi) is 6.75. The molecule has 0 heterocycles. The Labute approximate surface area is 83.2 Å². The van der Waals surface area contributed by atoms with Crippen LogP contribution in [-0.4, -0.2) is 37.6 Å². The predicted molar refractivity (Wildman–Crippen MR) is 52.0 cm³/mol. The molecule has 0 unspecified atom stereocenters. The van der Waals surface area contributed by atoms with Crippen molar-refractivity contribution in [3.8, 4) is 0 Å². The molecule has 0 aliphatic carbocycles. The third-order valence-electron chi connectivity index (χ3n) is 1.54. The fraction of sp³-hybridized carbons (Fsp3) is 0.625. The number of hydrogen-bond donors (Lipinski definition) is 2. The van der Waals surface area contributed by atoms with Crippen LogP contribution in [0.15, 0.2) is 17.1 Å². The maximum atomic E-state index is 11.5. The minimum Gasteiger partial charge on any atom is -0.396 e. The van der Waals surface area contributed by atoms with Gasteiger partial charge in [0.25, 0.3) is 0 Å². The highest BCUT2D eigenvalue weighted by Crippen LogP contribution is 2.47. The van der Waals surface area contributed by atoms with E-state index in [1.807, 2.05) is 0 Å². The topological polar surface area (TPSA) is 76.0 Å². The van der Waals surface area contributed by atoms with Crippen LogP contribution in [0.3, 0.4) is 0 Å². The van der Waals surface area contributed by atoms with Crippen molar-refractivity contribution in [1.82, 2.24) is 0 Å². The van der Waals surface area contributed by atoms with Crippen molar-refractivity contribution in [2.45, 2.75) is 6.42 Å². The van der Waals surface area contributed by atoms with Gasteiger partial charge in [0.05, 0.1) is 12.4 Å². The number of aliphatic hydroxyl groups excluding tert-OH is 2. The van der Waals surface area contributed by atoms with Crippen LogP contribution in [0.5, 0.6) is 0 Å². The summed E-state index contributed by atoms with van der Waals surface area (Å²) < 4.78 is 20.7. The molecular formula is C8H15O5P. The van der Waals surface area contributed by atoms with E-state index in [0.29, 0.717) is 5.57 Å². The average Bonchev–Trinajstić information content (AvgIpc) is 2.23. The van der Waals surface area contributed by atoms with Gasteiger partial charge in [-0.25, -0.2) is 0 Å². The predicted octanol–water partition coefficient (Wildman–Crippen LogP) is 0.886. The molecule has 0 bridgehead atoms. The number of hydrogen-bond acceptors (Lipinski definition) is 5. The molecule has 5 nitrogen and oxygen atoms in total. The van der Waals surface area contributed by atoms with Crippen LogP contribution in [0.1, 0.15) is 6.42 Å². The molecule has 0 aliphatic heterocycles. The second kappa shape index (κ2) is 6.96. The summed E-state index contributed by atoms with van der Waals surface area (Å²) >= 11 is 0. The fourth-order valence-corrected chi connectivity index (χ4v) is 1.38. The van der Waals surface area contributed by atoms with Gasteiger partial charge in [0, 0.05) is 27.2 Å². The van der Waals surface area contributed by atoms with Crippen molar-refractivity contribution in [3.05, 3.63) is 17.1 Å². The van der Waals surface area contributed by atoms with Gasteiger partial charge in [-0.1, -0.05) is 0 Å². The summed E-state index contributed by atoms with van der Waals surface area (Å²) in [6.45, 7) is -0.342. The van der Waals surface area contributed by atoms with Crippen LogP contribution in [-0.2, 0) is 13.6 Å². The molecule has 2 N–H and O–H groups in total. The zero-order chi connectivity index (χ0) is 11.0. The highest BCUT2D eigenvalue weighted by molar-refractivity contribution is 7.57. The van der Waals surface area contributed by atoms with Gasteiger partial charge in [-0.05, 0) is 5.57 Å². The van der Waals surface area contributed by atoms with Crippen LogP contribution in [0.4, 0.5) is 0 Å². The highest BCUT2D eigenvalue weighted by Gasteiger charge is 2.15. The summed E-state index contributed by atoms with van der Waals surface area (Å²) in [5.41, 5.74) is 3.03. The first kappa shape index (κ1) is 13.6. The molecule has 0 aromatic carbocycles. The lowest BCUT2D eigenvalue weighted by Crippen LogP contribution is -1.92. The molecule has 0 aromatic rings. The molecule has 0 fully saturated rings. The number of aliphatic hydroxyl groups is 2. The summed E-state index contributed by atoms with van der Waals surface area (Å²) in [7, 11) is -0.707. The van der Waals surface area contributed by atoms with Crippen LogP contribution in [0.2, 0.25) is 0 Å². The number of rotatable bonds is 6. The largest absolute Gasteiger partial charge is 0.396 e. The van der Waals surface area contributed by atoms with Crippen molar-refractivity contribution in [1.29, 1.82) is 0 Å². The molecule has 0 saturated carbocycles. The molecule has 0 spiro atoms. The second-order valence-corrected chi connectivity index (χ2v) is 4.48. The molecule has 6 heteroatoms. The summed E-state index contributed by atoms with van der Waals surface area (Å²) in [5, 5.41) is 17.4. The molecular weight excluding hydrogens is 207 g/mol. The monoisotopic (exact) mass is 222 g/mol. The van der Waals surface area contributed by atoms with E-state index in [9.17, 15) is 4.57 Å². The molecule has 0 amide bonds. The maximum Gasteiger partial charge on any atom is 0.361 e. The van der Waals surface area contributed by atoms with E-state index in [4.69, 9.17) is 10.2 Å². The first-order valence-electron chi connectivity index (χ1n) is 4.00. The third-order valence-corrected chi connectivity index (χ3v) is 3.00. The Morgan fingerprint density at radius 2 is 2.00 bits per heavy atom. The summed E-state index contributed by atoms with van der Waals surface area (Å²) in [5.74, 6) is 1.13. The lowest BCUT2D eigenvalue weighted by atomic mass is 10.2. The van der Waals surface area contributed by atoms with Crippen molar-refractivity contribution in [3.63, 3.8) is 0 Å². The molecule has 0 aliphatic rings. The van der Waals surface area contributed by atoms with Crippen LogP contribution in [0.25, 0.3) is 0 Å². The highest BCUT2D eigenvalue weighted by atomic mass is 31.2. The van der Waals surface area contributed by atoms with Crippen LogP contribution < -0.4 is 0 Å². The van der Waals surface area contributed by atoms with Gasteiger partial charge < -0.3 is 19.3 Å². The van der Waals surface area contributed by atoms with Crippen molar-refractivity contribution < 1.29 is 23.8 Å². The minimum absolute atomic E-state index is 0.0962. The Hall–Kier alpha value is -0.410. The summed E-state index contributed by atoms with van der Waals surface area (Å²) in [6, 6.07) is 0. The minimum atomic E-state index is -3.22. The van der Waals surface area contributed by atoms with E-state index < -0.39 is 7.60 Å². The second-order valence-electron chi connectivity index (χ2n) is 2.41. The van der Waals surface area contributed by atoms with Crippen molar-refractivity contribution in [2.75, 3.05) is 27.4 Å². The Morgan fingerprint density at radius 1 is 1.43 bits per heavy atom. The van der Waals surface area contributed by atoms with Crippen molar-refractivity contribution >= 4 is 7.60 Å².